The van der Waals surface area contributed by atoms with Crippen molar-refractivity contribution in [1.82, 2.24) is 5.32 Å². The molecule has 0 radical (unpaired) electrons. The first-order valence-electron chi connectivity index (χ1n) is 2.18. The molecule has 0 aliphatic rings. The second kappa shape index (κ2) is 4.78. The molecule has 0 heterocycles. The van der Waals surface area contributed by atoms with E-state index < -0.39 is 0 Å². The number of halogens is 2. The average molecular weight is 339 g/mol. The van der Waals surface area contributed by atoms with Crippen molar-refractivity contribution in [2.75, 3.05) is 4.43 Å². The van der Waals surface area contributed by atoms with Crippen LogP contribution in [0.15, 0.2) is 0 Å². The molecule has 0 rings (SSSR count). The Labute approximate surface area is 76.1 Å². The molecule has 0 fully saturated rings. The van der Waals surface area contributed by atoms with Gasteiger partial charge in [0.05, 0.1) is 0 Å². The van der Waals surface area contributed by atoms with E-state index in [4.69, 9.17) is 0 Å². The molecule has 0 aliphatic carbocycles. The summed E-state index contributed by atoms with van der Waals surface area (Å²) in [6.45, 7) is 1.98. The number of alkyl halides is 1. The third-order valence-electron chi connectivity index (χ3n) is 0.591. The van der Waals surface area contributed by atoms with Crippen molar-refractivity contribution in [1.29, 1.82) is 0 Å². The minimum absolute atomic E-state index is 0.0202. The van der Waals surface area contributed by atoms with Gasteiger partial charge in [-0.1, -0.05) is 22.6 Å². The zero-order valence-corrected chi connectivity index (χ0v) is 8.76. The fourth-order valence-corrected chi connectivity index (χ4v) is 0.984. The maximum atomic E-state index is 10.3. The molecule has 0 aromatic rings. The fraction of sp³-hybridized carbons (Fsp3) is 0.750. The Morgan fingerprint density at radius 2 is 2.38 bits per heavy atom. The Kier molecular flexibility index (Phi) is 5.33. The summed E-state index contributed by atoms with van der Waals surface area (Å²) in [6.07, 6.45) is 0. The van der Waals surface area contributed by atoms with Crippen LogP contribution in [0.3, 0.4) is 0 Å². The van der Waals surface area contributed by atoms with Gasteiger partial charge in [-0.05, 0) is 6.92 Å². The molecular formula is C4H7I2NO. The first kappa shape index (κ1) is 8.93. The van der Waals surface area contributed by atoms with Crippen LogP contribution in [0.4, 0.5) is 4.79 Å². The van der Waals surface area contributed by atoms with Gasteiger partial charge in [-0.25, -0.2) is 0 Å². The first-order chi connectivity index (χ1) is 3.66. The molecule has 0 saturated heterocycles. The number of hydrogen-bond donors (Lipinski definition) is 1. The van der Waals surface area contributed by atoms with Crippen LogP contribution in [0.25, 0.3) is 0 Å². The van der Waals surface area contributed by atoms with Crippen LogP contribution in [0, 0.1) is 0 Å². The van der Waals surface area contributed by atoms with Gasteiger partial charge in [0.15, 0.2) is 0 Å². The molecule has 4 heteroatoms. The van der Waals surface area contributed by atoms with Crippen molar-refractivity contribution >= 4 is 49.1 Å². The number of rotatable bonds is 2. The molecule has 1 atom stereocenters. The van der Waals surface area contributed by atoms with Crippen LogP contribution in [-0.2, 0) is 0 Å². The highest BCUT2D eigenvalue weighted by Crippen LogP contribution is 1.92. The second-order valence-electron chi connectivity index (χ2n) is 1.47. The van der Waals surface area contributed by atoms with Gasteiger partial charge in [0.2, 0.25) is 0 Å². The molecule has 8 heavy (non-hydrogen) atoms. The van der Waals surface area contributed by atoms with E-state index in [0.29, 0.717) is 6.04 Å². The average Bonchev–Trinajstić information content (AvgIpc) is 1.65. The van der Waals surface area contributed by atoms with Crippen LogP contribution >= 0.6 is 45.2 Å². The van der Waals surface area contributed by atoms with Gasteiger partial charge in [-0.3, -0.25) is 4.79 Å². The number of nitrogens with one attached hydrogen (secondary N) is 1. The van der Waals surface area contributed by atoms with Crippen molar-refractivity contribution in [3.05, 3.63) is 0 Å². The summed E-state index contributed by atoms with van der Waals surface area (Å²) in [4.78, 5) is 10.3. The Hall–Kier alpha value is 0.930. The number of carbonyl (C=O) groups is 1. The van der Waals surface area contributed by atoms with Crippen molar-refractivity contribution < 1.29 is 4.79 Å². The quantitative estimate of drug-likeness (QED) is 0.354. The predicted octanol–water partition coefficient (Wildman–Crippen LogP) is 1.95. The van der Waals surface area contributed by atoms with E-state index in [1.54, 1.807) is 22.6 Å². The normalized spacial score (nSPS) is 12.9. The summed E-state index contributed by atoms with van der Waals surface area (Å²) in [7, 11) is 0. The van der Waals surface area contributed by atoms with Crippen LogP contribution < -0.4 is 5.32 Å². The Morgan fingerprint density at radius 3 is 2.50 bits per heavy atom. The van der Waals surface area contributed by atoms with E-state index in [-0.39, 0.29) is 3.91 Å². The molecule has 0 aromatic carbocycles. The van der Waals surface area contributed by atoms with Crippen LogP contribution in [0.2, 0.25) is 0 Å². The third kappa shape index (κ3) is 5.07. The van der Waals surface area contributed by atoms with Gasteiger partial charge < -0.3 is 5.32 Å². The maximum absolute atomic E-state index is 10.3. The predicted molar refractivity (Wildman–Crippen MR) is 50.9 cm³/mol. The molecule has 1 amide bonds. The summed E-state index contributed by atoms with van der Waals surface area (Å²) in [5, 5.41) is 2.73. The number of hydrogen-bond acceptors (Lipinski definition) is 1. The molecule has 1 N–H and O–H groups in total. The molecule has 0 aliphatic heterocycles. The number of amides is 1. The fourth-order valence-electron chi connectivity index (χ4n) is 0.232. The third-order valence-corrected chi connectivity index (χ3v) is 2.22. The van der Waals surface area contributed by atoms with E-state index in [1.807, 2.05) is 6.92 Å². The molecular weight excluding hydrogens is 332 g/mol. The zero-order chi connectivity index (χ0) is 6.57. The van der Waals surface area contributed by atoms with Gasteiger partial charge in [0.1, 0.15) is 0 Å². The Morgan fingerprint density at radius 1 is 1.88 bits per heavy atom. The van der Waals surface area contributed by atoms with Gasteiger partial charge in [-0.2, -0.15) is 0 Å². The summed E-state index contributed by atoms with van der Waals surface area (Å²) in [5.74, 6) is 0. The second-order valence-corrected chi connectivity index (χ2v) is 3.33. The highest BCUT2D eigenvalue weighted by atomic mass is 127. The van der Waals surface area contributed by atoms with Gasteiger partial charge in [0.25, 0.3) is 3.91 Å². The zero-order valence-electron chi connectivity index (χ0n) is 4.45. The topological polar surface area (TPSA) is 29.1 Å². The van der Waals surface area contributed by atoms with E-state index in [0.717, 1.165) is 4.43 Å². The lowest BCUT2D eigenvalue weighted by atomic mass is 10.4. The van der Waals surface area contributed by atoms with Gasteiger partial charge >= 0.3 is 0 Å². The molecule has 48 valence electrons. The van der Waals surface area contributed by atoms with E-state index >= 15 is 0 Å². The lowest BCUT2D eigenvalue weighted by Crippen LogP contribution is -2.28. The highest BCUT2D eigenvalue weighted by molar-refractivity contribution is 14.1. The molecule has 0 bridgehead atoms. The maximum Gasteiger partial charge on any atom is 0.280 e. The monoisotopic (exact) mass is 339 g/mol. The van der Waals surface area contributed by atoms with Crippen molar-refractivity contribution in [2.24, 2.45) is 0 Å². The molecule has 1 unspecified atom stereocenters. The molecule has 2 nitrogen and oxygen atoms in total. The van der Waals surface area contributed by atoms with Crippen LogP contribution in [0.5, 0.6) is 0 Å². The summed E-state index contributed by atoms with van der Waals surface area (Å²) < 4.78 is 0.985. The largest absolute Gasteiger partial charge is 0.344 e. The van der Waals surface area contributed by atoms with Gasteiger partial charge in [-0.15, -0.1) is 0 Å². The summed E-state index contributed by atoms with van der Waals surface area (Å²) in [6, 6.07) is 0.306. The lowest BCUT2D eigenvalue weighted by molar-refractivity contribution is 0.261. The number of carbonyl (C=O) groups excluding carboxylic acids is 1. The van der Waals surface area contributed by atoms with Crippen LogP contribution in [0.1, 0.15) is 6.92 Å². The van der Waals surface area contributed by atoms with E-state index in [1.165, 1.54) is 0 Å². The minimum atomic E-state index is 0.0202. The van der Waals surface area contributed by atoms with Crippen molar-refractivity contribution in [3.63, 3.8) is 0 Å². The first-order valence-corrected chi connectivity index (χ1v) is 4.79. The van der Waals surface area contributed by atoms with E-state index in [2.05, 4.69) is 27.9 Å². The van der Waals surface area contributed by atoms with Crippen LogP contribution in [-0.4, -0.2) is 14.4 Å². The molecule has 0 saturated carbocycles. The SMILES string of the molecule is CC(CI)NC(=O)I. The van der Waals surface area contributed by atoms with Crippen molar-refractivity contribution in [3.8, 4) is 0 Å². The van der Waals surface area contributed by atoms with Crippen molar-refractivity contribution in [2.45, 2.75) is 13.0 Å². The Balaban J connectivity index is 3.24. The smallest absolute Gasteiger partial charge is 0.280 e. The standard InChI is InChI=1S/C4H7I2NO/c1-3(2-5)7-4(6)8/h3H,2H2,1H3,(H,7,8). The Bertz CT molecular complexity index is 86.1. The van der Waals surface area contributed by atoms with Gasteiger partial charge in [0, 0.05) is 33.1 Å². The highest BCUT2D eigenvalue weighted by Gasteiger charge is 1.98. The summed E-state index contributed by atoms with van der Waals surface area (Å²) in [5.41, 5.74) is 0. The van der Waals surface area contributed by atoms with E-state index in [9.17, 15) is 4.79 Å². The summed E-state index contributed by atoms with van der Waals surface area (Å²) >= 11 is 3.96. The molecule has 0 spiro atoms. The molecule has 0 aromatic heterocycles. The lowest BCUT2D eigenvalue weighted by Gasteiger charge is -2.05. The minimum Gasteiger partial charge on any atom is -0.344 e.